The predicted molar refractivity (Wildman–Crippen MR) is 66.9 cm³/mol. The van der Waals surface area contributed by atoms with E-state index < -0.39 is 0 Å². The molecule has 14 heavy (non-hydrogen) atoms. The van der Waals surface area contributed by atoms with Crippen molar-refractivity contribution >= 4 is 47.8 Å². The summed E-state index contributed by atoms with van der Waals surface area (Å²) in [6, 6.07) is 0. The summed E-state index contributed by atoms with van der Waals surface area (Å²) in [5.74, 6) is -0.183. The zero-order chi connectivity index (χ0) is 10.9. The Morgan fingerprint density at radius 3 is 2.00 bits per heavy atom. The SMILES string of the molecule is CCCc1c(O)c(O)c(Br)c(Br)c1Br. The van der Waals surface area contributed by atoms with E-state index in [1.54, 1.807) is 0 Å². The Morgan fingerprint density at radius 2 is 1.50 bits per heavy atom. The highest BCUT2D eigenvalue weighted by atomic mass is 79.9. The largest absolute Gasteiger partial charge is 0.504 e. The highest BCUT2D eigenvalue weighted by Gasteiger charge is 2.18. The van der Waals surface area contributed by atoms with Crippen LogP contribution in [-0.2, 0) is 6.42 Å². The van der Waals surface area contributed by atoms with Crippen molar-refractivity contribution in [2.75, 3.05) is 0 Å². The molecule has 0 radical (unpaired) electrons. The van der Waals surface area contributed by atoms with Crippen LogP contribution in [-0.4, -0.2) is 10.2 Å². The molecule has 0 aliphatic rings. The van der Waals surface area contributed by atoms with Gasteiger partial charge in [0, 0.05) is 10.0 Å². The lowest BCUT2D eigenvalue weighted by Gasteiger charge is -2.12. The fraction of sp³-hybridized carbons (Fsp3) is 0.333. The molecular weight excluding hydrogens is 380 g/mol. The molecular formula is C9H9Br3O2. The molecule has 2 nitrogen and oxygen atoms in total. The van der Waals surface area contributed by atoms with Crippen molar-refractivity contribution in [2.45, 2.75) is 19.8 Å². The van der Waals surface area contributed by atoms with Crippen molar-refractivity contribution in [1.82, 2.24) is 0 Å². The second kappa shape index (κ2) is 4.86. The molecule has 1 aromatic carbocycles. The lowest BCUT2D eigenvalue weighted by molar-refractivity contribution is 0.396. The summed E-state index contributed by atoms with van der Waals surface area (Å²) < 4.78 is 1.96. The monoisotopic (exact) mass is 386 g/mol. The van der Waals surface area contributed by atoms with Gasteiger partial charge >= 0.3 is 0 Å². The number of rotatable bonds is 2. The molecule has 0 heterocycles. The Hall–Kier alpha value is 0.260. The van der Waals surface area contributed by atoms with Crippen LogP contribution in [0.1, 0.15) is 18.9 Å². The van der Waals surface area contributed by atoms with Crippen LogP contribution >= 0.6 is 47.8 Å². The van der Waals surface area contributed by atoms with Gasteiger partial charge in [-0.1, -0.05) is 13.3 Å². The standard InChI is InChI=1S/C9H9Br3O2/c1-2-3-4-5(10)6(11)7(12)9(14)8(4)13/h13-14H,2-3H2,1H3. The molecule has 1 rings (SSSR count). The van der Waals surface area contributed by atoms with Crippen LogP contribution in [0.3, 0.4) is 0 Å². The van der Waals surface area contributed by atoms with Crippen molar-refractivity contribution in [3.05, 3.63) is 19.0 Å². The summed E-state index contributed by atoms with van der Waals surface area (Å²) in [7, 11) is 0. The van der Waals surface area contributed by atoms with E-state index in [0.29, 0.717) is 10.9 Å². The lowest BCUT2D eigenvalue weighted by atomic mass is 10.1. The number of hydrogen-bond donors (Lipinski definition) is 2. The van der Waals surface area contributed by atoms with Crippen LogP contribution in [0.2, 0.25) is 0 Å². The molecule has 2 N–H and O–H groups in total. The van der Waals surface area contributed by atoms with Crippen LogP contribution in [0, 0.1) is 0 Å². The summed E-state index contributed by atoms with van der Waals surface area (Å²) in [6.45, 7) is 2.01. The van der Waals surface area contributed by atoms with Gasteiger partial charge in [-0.3, -0.25) is 0 Å². The third-order valence-electron chi connectivity index (χ3n) is 1.87. The van der Waals surface area contributed by atoms with Crippen molar-refractivity contribution in [1.29, 1.82) is 0 Å². The molecule has 0 saturated heterocycles. The molecule has 1 aromatic rings. The number of phenolic OH excluding ortho intramolecular Hbond substituents is 2. The molecule has 0 amide bonds. The fourth-order valence-corrected chi connectivity index (χ4v) is 2.83. The Labute approximate surface area is 108 Å². The Kier molecular flexibility index (Phi) is 4.28. The molecule has 0 spiro atoms. The lowest BCUT2D eigenvalue weighted by Crippen LogP contribution is -1.90. The highest BCUT2D eigenvalue weighted by molar-refractivity contribution is 9.14. The fourth-order valence-electron chi connectivity index (χ4n) is 1.16. The first-order valence-corrected chi connectivity index (χ1v) is 6.45. The maximum atomic E-state index is 9.68. The van der Waals surface area contributed by atoms with E-state index in [-0.39, 0.29) is 11.5 Å². The molecule has 0 aliphatic heterocycles. The number of aromatic hydroxyl groups is 2. The van der Waals surface area contributed by atoms with Crippen LogP contribution in [0.15, 0.2) is 13.4 Å². The van der Waals surface area contributed by atoms with E-state index >= 15 is 0 Å². The first-order valence-electron chi connectivity index (χ1n) is 4.07. The van der Waals surface area contributed by atoms with E-state index in [0.717, 1.165) is 20.9 Å². The second-order valence-corrected chi connectivity index (χ2v) is 5.25. The zero-order valence-corrected chi connectivity index (χ0v) is 12.2. The van der Waals surface area contributed by atoms with Gasteiger partial charge in [0.1, 0.15) is 0 Å². The number of hydrogen-bond acceptors (Lipinski definition) is 2. The van der Waals surface area contributed by atoms with E-state index in [2.05, 4.69) is 47.8 Å². The normalized spacial score (nSPS) is 10.6. The van der Waals surface area contributed by atoms with Gasteiger partial charge in [-0.05, 0) is 54.2 Å². The Balaban J connectivity index is 3.43. The average molecular weight is 389 g/mol. The second-order valence-electron chi connectivity index (χ2n) is 2.87. The van der Waals surface area contributed by atoms with Gasteiger partial charge in [0.15, 0.2) is 11.5 Å². The molecule has 0 saturated carbocycles. The zero-order valence-electron chi connectivity index (χ0n) is 7.44. The molecule has 0 atom stereocenters. The van der Waals surface area contributed by atoms with Crippen molar-refractivity contribution in [2.24, 2.45) is 0 Å². The minimum atomic E-state index is -0.122. The molecule has 78 valence electrons. The summed E-state index contributed by atoms with van der Waals surface area (Å²) >= 11 is 9.87. The summed E-state index contributed by atoms with van der Waals surface area (Å²) in [6.07, 6.45) is 1.62. The quantitative estimate of drug-likeness (QED) is 0.584. The Bertz CT molecular complexity index is 335. The molecule has 0 aliphatic carbocycles. The maximum absolute atomic E-state index is 9.68. The number of benzene rings is 1. The molecule has 0 bridgehead atoms. The number of phenols is 2. The van der Waals surface area contributed by atoms with Crippen LogP contribution < -0.4 is 0 Å². The van der Waals surface area contributed by atoms with Gasteiger partial charge in [-0.15, -0.1) is 0 Å². The maximum Gasteiger partial charge on any atom is 0.173 e. The molecule has 5 heteroatoms. The van der Waals surface area contributed by atoms with E-state index in [9.17, 15) is 10.2 Å². The minimum absolute atomic E-state index is 0.0613. The minimum Gasteiger partial charge on any atom is -0.504 e. The summed E-state index contributed by atoms with van der Waals surface area (Å²) in [5, 5.41) is 19.3. The van der Waals surface area contributed by atoms with Crippen LogP contribution in [0.4, 0.5) is 0 Å². The predicted octanol–water partition coefficient (Wildman–Crippen LogP) is 4.34. The van der Waals surface area contributed by atoms with Gasteiger partial charge in [0.05, 0.1) is 8.95 Å². The van der Waals surface area contributed by atoms with Crippen molar-refractivity contribution in [3.8, 4) is 11.5 Å². The molecule has 0 unspecified atom stereocenters. The smallest absolute Gasteiger partial charge is 0.173 e. The van der Waals surface area contributed by atoms with Gasteiger partial charge < -0.3 is 10.2 Å². The van der Waals surface area contributed by atoms with Gasteiger partial charge in [-0.2, -0.15) is 0 Å². The van der Waals surface area contributed by atoms with E-state index in [1.165, 1.54) is 0 Å². The first kappa shape index (κ1) is 12.3. The van der Waals surface area contributed by atoms with Crippen molar-refractivity contribution < 1.29 is 10.2 Å². The molecule has 0 aromatic heterocycles. The first-order chi connectivity index (χ1) is 6.50. The van der Waals surface area contributed by atoms with Gasteiger partial charge in [0.2, 0.25) is 0 Å². The summed E-state index contributed by atoms with van der Waals surface area (Å²) in [5.41, 5.74) is 0.722. The topological polar surface area (TPSA) is 40.5 Å². The van der Waals surface area contributed by atoms with E-state index in [4.69, 9.17) is 0 Å². The van der Waals surface area contributed by atoms with Crippen LogP contribution in [0.25, 0.3) is 0 Å². The Morgan fingerprint density at radius 1 is 0.929 bits per heavy atom. The average Bonchev–Trinajstić information content (AvgIpc) is 2.19. The third-order valence-corrected chi connectivity index (χ3v) is 5.37. The van der Waals surface area contributed by atoms with Gasteiger partial charge in [-0.25, -0.2) is 0 Å². The molecule has 0 fully saturated rings. The van der Waals surface area contributed by atoms with Crippen molar-refractivity contribution in [3.63, 3.8) is 0 Å². The van der Waals surface area contributed by atoms with Gasteiger partial charge in [0.25, 0.3) is 0 Å². The van der Waals surface area contributed by atoms with Crippen LogP contribution in [0.5, 0.6) is 11.5 Å². The summed E-state index contributed by atoms with van der Waals surface area (Å²) in [4.78, 5) is 0. The third kappa shape index (κ3) is 2.09. The highest BCUT2D eigenvalue weighted by Crippen LogP contribution is 2.47. The van der Waals surface area contributed by atoms with E-state index in [1.807, 2.05) is 6.92 Å². The number of halogens is 3.